The number of nitrogens with one attached hydrogen (secondary N) is 1. The van der Waals surface area contributed by atoms with Gasteiger partial charge in [-0.15, -0.1) is 0 Å². The third-order valence-corrected chi connectivity index (χ3v) is 4.05. The second kappa shape index (κ2) is 7.47. The molecule has 0 unspecified atom stereocenters. The van der Waals surface area contributed by atoms with Gasteiger partial charge < -0.3 is 5.32 Å². The zero-order valence-corrected chi connectivity index (χ0v) is 11.9. The molecular formula is C15H22N2S. The fourth-order valence-electron chi connectivity index (χ4n) is 2.38. The highest BCUT2D eigenvalue weighted by atomic mass is 32.2. The largest absolute Gasteiger partial charge is 0.335 e. The molecule has 0 bridgehead atoms. The van der Waals surface area contributed by atoms with Crippen molar-refractivity contribution in [2.75, 3.05) is 18.1 Å². The number of para-hydroxylation sites is 1. The molecule has 0 aromatic heterocycles. The first-order valence-corrected chi connectivity index (χ1v) is 8.01. The average Bonchev–Trinajstić information content (AvgIpc) is 2.45. The smallest absolute Gasteiger partial charge is 0.160 e. The van der Waals surface area contributed by atoms with Gasteiger partial charge in [-0.3, -0.25) is 4.99 Å². The molecule has 1 aliphatic rings. The molecule has 1 aromatic carbocycles. The Morgan fingerprint density at radius 2 is 1.94 bits per heavy atom. The van der Waals surface area contributed by atoms with Crippen LogP contribution in [0.3, 0.4) is 0 Å². The van der Waals surface area contributed by atoms with Gasteiger partial charge in [0.15, 0.2) is 5.17 Å². The molecule has 3 heteroatoms. The monoisotopic (exact) mass is 262 g/mol. The summed E-state index contributed by atoms with van der Waals surface area (Å²) in [5.41, 5.74) is 1.12. The van der Waals surface area contributed by atoms with E-state index < -0.39 is 0 Å². The predicted octanol–water partition coefficient (Wildman–Crippen LogP) is 4.40. The van der Waals surface area contributed by atoms with E-state index in [0.717, 1.165) is 23.3 Å². The van der Waals surface area contributed by atoms with Crippen LogP contribution in [0.2, 0.25) is 0 Å². The summed E-state index contributed by atoms with van der Waals surface area (Å²) < 4.78 is 0. The van der Waals surface area contributed by atoms with Gasteiger partial charge >= 0.3 is 0 Å². The molecule has 2 nitrogen and oxygen atoms in total. The van der Waals surface area contributed by atoms with E-state index in [0.29, 0.717) is 0 Å². The zero-order chi connectivity index (χ0) is 12.6. The first-order chi connectivity index (χ1) is 8.88. The third kappa shape index (κ3) is 4.37. The molecule has 0 aliphatic heterocycles. The molecule has 2 rings (SSSR count). The minimum atomic E-state index is 0.804. The lowest BCUT2D eigenvalue weighted by atomic mass is 9.89. The summed E-state index contributed by atoms with van der Waals surface area (Å²) in [7, 11) is 0. The van der Waals surface area contributed by atoms with E-state index in [1.54, 1.807) is 11.8 Å². The summed E-state index contributed by atoms with van der Waals surface area (Å²) >= 11 is 1.69. The highest BCUT2D eigenvalue weighted by molar-refractivity contribution is 8.13. The second-order valence-corrected chi connectivity index (χ2v) is 5.64. The topological polar surface area (TPSA) is 24.4 Å². The lowest BCUT2D eigenvalue weighted by molar-refractivity contribution is 0.367. The minimum Gasteiger partial charge on any atom is -0.335 e. The molecule has 0 spiro atoms. The predicted molar refractivity (Wildman–Crippen MR) is 82.5 cm³/mol. The average molecular weight is 262 g/mol. The summed E-state index contributed by atoms with van der Waals surface area (Å²) in [6, 6.07) is 10.3. The van der Waals surface area contributed by atoms with Crippen molar-refractivity contribution >= 4 is 22.6 Å². The Bertz CT molecular complexity index is 369. The number of amidine groups is 1. The molecule has 1 saturated carbocycles. The van der Waals surface area contributed by atoms with Crippen LogP contribution in [0, 0.1) is 5.92 Å². The fraction of sp³-hybridized carbons (Fsp3) is 0.533. The molecule has 18 heavy (non-hydrogen) atoms. The first-order valence-electron chi connectivity index (χ1n) is 6.79. The Balaban J connectivity index is 1.87. The van der Waals surface area contributed by atoms with Crippen LogP contribution in [0.1, 0.15) is 32.1 Å². The van der Waals surface area contributed by atoms with Gasteiger partial charge in [0, 0.05) is 12.2 Å². The number of nitrogens with zero attached hydrogens (tertiary/aromatic N) is 1. The Kier molecular flexibility index (Phi) is 5.59. The Hall–Kier alpha value is -0.960. The van der Waals surface area contributed by atoms with Gasteiger partial charge in [0.25, 0.3) is 0 Å². The molecule has 0 radical (unpaired) electrons. The first kappa shape index (κ1) is 13.5. The van der Waals surface area contributed by atoms with Crippen LogP contribution in [-0.2, 0) is 0 Å². The van der Waals surface area contributed by atoms with Gasteiger partial charge in [0.2, 0.25) is 0 Å². The van der Waals surface area contributed by atoms with Crippen LogP contribution in [-0.4, -0.2) is 18.0 Å². The van der Waals surface area contributed by atoms with Gasteiger partial charge in [-0.1, -0.05) is 49.2 Å². The Morgan fingerprint density at radius 1 is 1.22 bits per heavy atom. The summed E-state index contributed by atoms with van der Waals surface area (Å²) in [4.78, 5) is 4.73. The van der Waals surface area contributed by atoms with Crippen LogP contribution in [0.25, 0.3) is 0 Å². The standard InChI is InChI=1S/C15H22N2S/c1-18-15(17-14-10-6-3-7-11-14)16-12-13-8-4-2-5-9-13/h3,6-7,10-11,13H,2,4-5,8-9,12H2,1H3,(H,16,17). The van der Waals surface area contributed by atoms with Gasteiger partial charge in [-0.25, -0.2) is 0 Å². The molecule has 1 aliphatic carbocycles. The maximum Gasteiger partial charge on any atom is 0.160 e. The van der Waals surface area contributed by atoms with Crippen LogP contribution >= 0.6 is 11.8 Å². The second-order valence-electron chi connectivity index (χ2n) is 4.85. The van der Waals surface area contributed by atoms with Crippen LogP contribution in [0.5, 0.6) is 0 Å². The van der Waals surface area contributed by atoms with Gasteiger partial charge in [-0.2, -0.15) is 0 Å². The van der Waals surface area contributed by atoms with Crippen molar-refractivity contribution in [2.24, 2.45) is 10.9 Å². The van der Waals surface area contributed by atoms with E-state index >= 15 is 0 Å². The molecule has 0 atom stereocenters. The molecule has 1 fully saturated rings. The maximum atomic E-state index is 4.73. The lowest BCUT2D eigenvalue weighted by Crippen LogP contribution is -2.13. The molecule has 0 heterocycles. The van der Waals surface area contributed by atoms with E-state index in [1.807, 2.05) is 18.2 Å². The number of thioether (sulfide) groups is 1. The van der Waals surface area contributed by atoms with E-state index in [2.05, 4.69) is 23.7 Å². The van der Waals surface area contributed by atoms with E-state index in [1.165, 1.54) is 32.1 Å². The van der Waals surface area contributed by atoms with Crippen molar-refractivity contribution < 1.29 is 0 Å². The Labute approximate surface area is 114 Å². The van der Waals surface area contributed by atoms with Gasteiger partial charge in [0.05, 0.1) is 0 Å². The summed E-state index contributed by atoms with van der Waals surface area (Å²) in [6.07, 6.45) is 8.99. The van der Waals surface area contributed by atoms with Gasteiger partial charge in [0.1, 0.15) is 0 Å². The summed E-state index contributed by atoms with van der Waals surface area (Å²) in [6.45, 7) is 0.982. The third-order valence-electron chi connectivity index (χ3n) is 3.44. The number of aliphatic imine (C=N–C) groups is 1. The number of rotatable bonds is 3. The van der Waals surface area contributed by atoms with Crippen molar-refractivity contribution in [3.05, 3.63) is 30.3 Å². The van der Waals surface area contributed by atoms with E-state index in [-0.39, 0.29) is 0 Å². The number of hydrogen-bond donors (Lipinski definition) is 1. The molecule has 0 amide bonds. The van der Waals surface area contributed by atoms with Crippen molar-refractivity contribution in [2.45, 2.75) is 32.1 Å². The van der Waals surface area contributed by atoms with Crippen molar-refractivity contribution in [1.29, 1.82) is 0 Å². The van der Waals surface area contributed by atoms with Crippen molar-refractivity contribution in [3.63, 3.8) is 0 Å². The van der Waals surface area contributed by atoms with Crippen molar-refractivity contribution in [3.8, 4) is 0 Å². The fourth-order valence-corrected chi connectivity index (χ4v) is 2.81. The summed E-state index contributed by atoms with van der Waals surface area (Å²) in [5, 5.41) is 4.42. The molecule has 1 N–H and O–H groups in total. The molecule has 98 valence electrons. The summed E-state index contributed by atoms with van der Waals surface area (Å²) in [5.74, 6) is 0.804. The van der Waals surface area contributed by atoms with Crippen LogP contribution in [0.4, 0.5) is 5.69 Å². The number of benzene rings is 1. The van der Waals surface area contributed by atoms with E-state index in [9.17, 15) is 0 Å². The normalized spacial score (nSPS) is 17.7. The van der Waals surface area contributed by atoms with Crippen LogP contribution in [0.15, 0.2) is 35.3 Å². The molecular weight excluding hydrogens is 240 g/mol. The Morgan fingerprint density at radius 3 is 2.61 bits per heavy atom. The number of hydrogen-bond acceptors (Lipinski definition) is 2. The molecule has 0 saturated heterocycles. The maximum absolute atomic E-state index is 4.73. The van der Waals surface area contributed by atoms with Crippen LogP contribution < -0.4 is 5.32 Å². The molecule has 1 aromatic rings. The van der Waals surface area contributed by atoms with Crippen molar-refractivity contribution in [1.82, 2.24) is 0 Å². The SMILES string of the molecule is CSC(=NCC1CCCCC1)Nc1ccccc1. The zero-order valence-electron chi connectivity index (χ0n) is 11.1. The lowest BCUT2D eigenvalue weighted by Gasteiger charge is -2.19. The highest BCUT2D eigenvalue weighted by Gasteiger charge is 2.12. The quantitative estimate of drug-likeness (QED) is 0.645. The minimum absolute atomic E-state index is 0.804. The number of anilines is 1. The van der Waals surface area contributed by atoms with E-state index in [4.69, 9.17) is 4.99 Å². The highest BCUT2D eigenvalue weighted by Crippen LogP contribution is 2.24. The van der Waals surface area contributed by atoms with Gasteiger partial charge in [-0.05, 0) is 37.1 Å².